The number of unbranched alkanes of at least 4 members (excludes halogenated alkanes) is 2. The number of hydrogen-bond donors (Lipinski definition) is 4. The fourth-order valence-corrected chi connectivity index (χ4v) is 8.14. The molecule has 1 aromatic heterocycles. The minimum absolute atomic E-state index is 0.0767. The Labute approximate surface area is 313 Å². The van der Waals surface area contributed by atoms with Gasteiger partial charge in [-0.2, -0.15) is 0 Å². The molecular weight excluding hydrogens is 666 g/mol. The van der Waals surface area contributed by atoms with Gasteiger partial charge in [-0.3, -0.25) is 5.32 Å². The van der Waals surface area contributed by atoms with Crippen LogP contribution in [0.2, 0.25) is 0 Å². The highest BCUT2D eigenvalue weighted by atomic mass is 16.5. The summed E-state index contributed by atoms with van der Waals surface area (Å²) in [4.78, 5) is 0. The van der Waals surface area contributed by atoms with Gasteiger partial charge in [-0.1, -0.05) is 74.7 Å². The fraction of sp³-hybridized carbons (Fsp3) is 0.455. The molecule has 0 amide bonds. The van der Waals surface area contributed by atoms with E-state index in [-0.39, 0.29) is 30.0 Å². The topological polar surface area (TPSA) is 106 Å². The van der Waals surface area contributed by atoms with Crippen molar-refractivity contribution >= 4 is 16.6 Å². The van der Waals surface area contributed by atoms with Crippen LogP contribution in [-0.2, 0) is 32.7 Å². The number of dihydropyridines is 1. The average molecular weight is 722 g/mol. The second-order valence-corrected chi connectivity index (χ2v) is 14.8. The number of ether oxygens (including phenoxy) is 4. The number of hydrogen-bond acceptors (Lipinski definition) is 8. The Morgan fingerprint density at radius 1 is 1.00 bits per heavy atom. The number of aromatic nitrogens is 1. The zero-order valence-corrected chi connectivity index (χ0v) is 31.2. The summed E-state index contributed by atoms with van der Waals surface area (Å²) in [5.41, 5.74) is 5.39. The highest BCUT2D eigenvalue weighted by Gasteiger charge is 2.37. The summed E-state index contributed by atoms with van der Waals surface area (Å²) < 4.78 is 26.6. The Balaban J connectivity index is 1.36. The van der Waals surface area contributed by atoms with E-state index in [1.165, 1.54) is 11.1 Å². The molecule has 282 valence electrons. The Morgan fingerprint density at radius 2 is 1.85 bits per heavy atom. The summed E-state index contributed by atoms with van der Waals surface area (Å²) in [6, 6.07) is 21.0. The summed E-state index contributed by atoms with van der Waals surface area (Å²) in [6.45, 7) is 4.67. The van der Waals surface area contributed by atoms with Crippen molar-refractivity contribution in [2.75, 3.05) is 33.7 Å². The van der Waals surface area contributed by atoms with Crippen LogP contribution in [0.15, 0.2) is 90.8 Å². The molecule has 4 aromatic rings. The molecule has 3 unspecified atom stereocenters. The second kappa shape index (κ2) is 17.3. The van der Waals surface area contributed by atoms with Crippen LogP contribution in [0.25, 0.3) is 16.6 Å². The van der Waals surface area contributed by atoms with Gasteiger partial charge >= 0.3 is 0 Å². The minimum atomic E-state index is -0.514. The number of methoxy groups -OCH3 is 1. The Bertz CT molecular complexity index is 1880. The fourth-order valence-electron chi connectivity index (χ4n) is 8.14. The molecule has 4 N–H and O–H groups in total. The largest absolute Gasteiger partial charge is 0.504 e. The first-order chi connectivity index (χ1) is 26.0. The standard InChI is InChI=1S/C44H55N3O6/c1-3-4-6-11-38-25-37(48)15-12-31-13-16-40(49)41(22-31)53-29-34-24-36(44(18-20-51-21-19-44)35-9-7-5-8-10-35)23-33-26-47(27-39(33)34)43-32(28-52-38)14-17-42(46-43)45-30-50-2/h5,7-10,13-14,16-17,22-24,26-27,37-38,42,45-46,48-49H,3-4,6,11-12,15,18-21,25,28-30H2,1-2H3. The van der Waals surface area contributed by atoms with E-state index in [0.29, 0.717) is 51.6 Å². The van der Waals surface area contributed by atoms with Crippen LogP contribution >= 0.6 is 0 Å². The number of nitrogens with one attached hydrogen (secondary N) is 2. The SMILES string of the molecule is CCCCCC1CC(O)CCc2ccc(O)c(c2)OCc2cc(C3(c4ccccc4)CCOCC3)cc3cn(cc23)C2=C(C=CC(NCOC)N2)CO1. The van der Waals surface area contributed by atoms with E-state index in [9.17, 15) is 10.2 Å². The van der Waals surface area contributed by atoms with Crippen molar-refractivity contribution in [3.63, 3.8) is 0 Å². The van der Waals surface area contributed by atoms with Crippen molar-refractivity contribution in [2.45, 2.75) is 95.1 Å². The lowest BCUT2D eigenvalue weighted by atomic mass is 9.68. The molecule has 0 aliphatic carbocycles. The van der Waals surface area contributed by atoms with Crippen LogP contribution < -0.4 is 15.4 Å². The van der Waals surface area contributed by atoms with Gasteiger partial charge in [-0.15, -0.1) is 0 Å². The number of aromatic hydroxyl groups is 1. The number of phenolic OH excluding ortho intramolecular Hbond substituents is 1. The predicted octanol–water partition coefficient (Wildman–Crippen LogP) is 7.53. The average Bonchev–Trinajstić information content (AvgIpc) is 3.63. The van der Waals surface area contributed by atoms with E-state index in [2.05, 4.69) is 89.1 Å². The first kappa shape index (κ1) is 37.2. The molecule has 7 rings (SSSR count). The second-order valence-electron chi connectivity index (χ2n) is 14.8. The van der Waals surface area contributed by atoms with Crippen molar-refractivity contribution in [1.82, 2.24) is 15.2 Å². The number of phenols is 1. The molecule has 9 nitrogen and oxygen atoms in total. The van der Waals surface area contributed by atoms with Gasteiger partial charge in [-0.25, -0.2) is 0 Å². The van der Waals surface area contributed by atoms with Gasteiger partial charge in [0.1, 0.15) is 12.4 Å². The van der Waals surface area contributed by atoms with Gasteiger partial charge in [0, 0.05) is 54.5 Å². The van der Waals surface area contributed by atoms with Crippen LogP contribution in [0.5, 0.6) is 11.5 Å². The van der Waals surface area contributed by atoms with Gasteiger partial charge < -0.3 is 39.0 Å². The molecular formula is C44H55N3O6. The van der Waals surface area contributed by atoms with Crippen LogP contribution in [-0.4, -0.2) is 66.8 Å². The monoisotopic (exact) mass is 721 g/mol. The maximum absolute atomic E-state index is 11.2. The maximum Gasteiger partial charge on any atom is 0.161 e. The molecule has 9 heteroatoms. The summed E-state index contributed by atoms with van der Waals surface area (Å²) in [5.74, 6) is 1.47. The molecule has 1 saturated heterocycles. The first-order valence-corrected chi connectivity index (χ1v) is 19.4. The van der Waals surface area contributed by atoms with Gasteiger partial charge in [0.15, 0.2) is 11.5 Å². The molecule has 3 aromatic carbocycles. The van der Waals surface area contributed by atoms with Crippen LogP contribution in [0.3, 0.4) is 0 Å². The quantitative estimate of drug-likeness (QED) is 0.104. The van der Waals surface area contributed by atoms with Crippen LogP contribution in [0.4, 0.5) is 0 Å². The first-order valence-electron chi connectivity index (χ1n) is 19.4. The lowest BCUT2D eigenvalue weighted by molar-refractivity contribution is 0.0171. The molecule has 0 saturated carbocycles. The molecule has 53 heavy (non-hydrogen) atoms. The van der Waals surface area contributed by atoms with Crippen molar-refractivity contribution in [3.8, 4) is 11.5 Å². The van der Waals surface area contributed by atoms with E-state index in [1.54, 1.807) is 13.2 Å². The highest BCUT2D eigenvalue weighted by Crippen LogP contribution is 2.43. The molecule has 3 aliphatic heterocycles. The predicted molar refractivity (Wildman–Crippen MR) is 209 cm³/mol. The molecule has 4 heterocycles. The number of aliphatic hydroxyl groups is 1. The van der Waals surface area contributed by atoms with Gasteiger partial charge in [0.25, 0.3) is 0 Å². The van der Waals surface area contributed by atoms with Gasteiger partial charge in [0.2, 0.25) is 0 Å². The summed E-state index contributed by atoms with van der Waals surface area (Å²) in [5, 5.41) is 31.4. The third-order valence-electron chi connectivity index (χ3n) is 11.2. The van der Waals surface area contributed by atoms with Crippen LogP contribution in [0.1, 0.15) is 80.5 Å². The smallest absolute Gasteiger partial charge is 0.161 e. The van der Waals surface area contributed by atoms with E-state index < -0.39 is 6.10 Å². The van der Waals surface area contributed by atoms with Crippen molar-refractivity contribution < 1.29 is 29.2 Å². The molecule has 0 radical (unpaired) electrons. The number of nitrogens with zero attached hydrogens (tertiary/aromatic N) is 1. The Kier molecular flexibility index (Phi) is 12.2. The summed E-state index contributed by atoms with van der Waals surface area (Å²) in [7, 11) is 1.68. The summed E-state index contributed by atoms with van der Waals surface area (Å²) >= 11 is 0. The number of fused-ring (bicyclic) bond motifs is 4. The molecule has 0 spiro atoms. The summed E-state index contributed by atoms with van der Waals surface area (Å²) in [6.07, 6.45) is 15.7. The van der Waals surface area contributed by atoms with E-state index in [1.807, 2.05) is 12.1 Å². The third-order valence-corrected chi connectivity index (χ3v) is 11.2. The lowest BCUT2D eigenvalue weighted by Gasteiger charge is -2.39. The molecule has 3 aliphatic rings. The molecule has 3 atom stereocenters. The Morgan fingerprint density at radius 3 is 2.66 bits per heavy atom. The zero-order valence-electron chi connectivity index (χ0n) is 31.2. The van der Waals surface area contributed by atoms with Gasteiger partial charge in [-0.05, 0) is 85.1 Å². The third kappa shape index (κ3) is 8.66. The number of aryl methyl sites for hydroxylation is 1. The number of benzene rings is 3. The van der Waals surface area contributed by atoms with E-state index in [0.717, 1.165) is 71.8 Å². The van der Waals surface area contributed by atoms with E-state index in [4.69, 9.17) is 18.9 Å². The highest BCUT2D eigenvalue weighted by molar-refractivity contribution is 5.88. The number of rotatable bonds is 9. The molecule has 1 fully saturated rings. The van der Waals surface area contributed by atoms with Gasteiger partial charge in [0.05, 0.1) is 31.7 Å². The van der Waals surface area contributed by atoms with Crippen molar-refractivity contribution in [1.29, 1.82) is 0 Å². The van der Waals surface area contributed by atoms with Crippen molar-refractivity contribution in [3.05, 3.63) is 113 Å². The van der Waals surface area contributed by atoms with E-state index >= 15 is 0 Å². The number of aliphatic hydroxyl groups excluding tert-OH is 1. The zero-order chi connectivity index (χ0) is 36.6. The van der Waals surface area contributed by atoms with Crippen molar-refractivity contribution in [2.24, 2.45) is 0 Å². The normalized spacial score (nSPS) is 22.1. The maximum atomic E-state index is 11.2. The molecule has 4 bridgehead atoms. The van der Waals surface area contributed by atoms with Crippen LogP contribution in [0, 0.1) is 0 Å². The Hall–Kier alpha value is -4.12. The minimum Gasteiger partial charge on any atom is -0.504 e. The lowest BCUT2D eigenvalue weighted by Crippen LogP contribution is -2.43.